The third kappa shape index (κ3) is 3.66. The molecule has 0 saturated carbocycles. The first-order valence-corrected chi connectivity index (χ1v) is 8.11. The highest BCUT2D eigenvalue weighted by Gasteiger charge is 2.34. The molecule has 2 N–H and O–H groups in total. The van der Waals surface area contributed by atoms with Crippen LogP contribution in [0.2, 0.25) is 5.02 Å². The maximum atomic E-state index is 9.48. The summed E-state index contributed by atoms with van der Waals surface area (Å²) in [6, 6.07) is 3.87. The quantitative estimate of drug-likeness (QED) is 0.904. The van der Waals surface area contributed by atoms with Crippen LogP contribution in [0.3, 0.4) is 0 Å². The van der Waals surface area contributed by atoms with Gasteiger partial charge < -0.3 is 15.2 Å². The number of pyridine rings is 1. The molecule has 0 spiro atoms. The van der Waals surface area contributed by atoms with Crippen LogP contribution in [0.4, 0.5) is 5.82 Å². The van der Waals surface area contributed by atoms with Crippen LogP contribution in [0, 0.1) is 16.7 Å². The Morgan fingerprint density at radius 3 is 3.00 bits per heavy atom. The van der Waals surface area contributed by atoms with E-state index in [0.717, 1.165) is 5.56 Å². The SMILES string of the molecule is N#CC1(COC2=NC=NC(c3cc(N)ncc3Cl)C2)CCOCC1. The third-order valence-electron chi connectivity index (χ3n) is 4.28. The van der Waals surface area contributed by atoms with E-state index in [-0.39, 0.29) is 6.04 Å². The smallest absolute Gasteiger partial charge is 0.191 e. The van der Waals surface area contributed by atoms with Crippen LogP contribution >= 0.6 is 11.6 Å². The van der Waals surface area contributed by atoms with Crippen LogP contribution in [0.15, 0.2) is 22.2 Å². The Bertz CT molecular complexity index is 707. The van der Waals surface area contributed by atoms with Crippen LogP contribution in [-0.4, -0.2) is 37.0 Å². The largest absolute Gasteiger partial charge is 0.479 e. The fraction of sp³-hybridized carbons (Fsp3) is 0.500. The summed E-state index contributed by atoms with van der Waals surface area (Å²) < 4.78 is 11.2. The summed E-state index contributed by atoms with van der Waals surface area (Å²) in [6.07, 6.45) is 4.78. The lowest BCUT2D eigenvalue weighted by molar-refractivity contribution is 0.0161. The van der Waals surface area contributed by atoms with Gasteiger partial charge in [0.15, 0.2) is 5.90 Å². The number of nitrogen functional groups attached to an aromatic ring is 1. The molecule has 1 aromatic heterocycles. The first-order chi connectivity index (χ1) is 11.6. The summed E-state index contributed by atoms with van der Waals surface area (Å²) in [4.78, 5) is 12.5. The molecule has 0 radical (unpaired) electrons. The molecule has 1 atom stereocenters. The van der Waals surface area contributed by atoms with Crippen molar-refractivity contribution < 1.29 is 9.47 Å². The van der Waals surface area contributed by atoms with E-state index in [0.29, 0.717) is 55.8 Å². The Kier molecular flexibility index (Phi) is 4.97. The molecule has 126 valence electrons. The van der Waals surface area contributed by atoms with Crippen molar-refractivity contribution in [2.24, 2.45) is 15.4 Å². The van der Waals surface area contributed by atoms with E-state index >= 15 is 0 Å². The minimum Gasteiger partial charge on any atom is -0.479 e. The summed E-state index contributed by atoms with van der Waals surface area (Å²) in [6.45, 7) is 1.47. The van der Waals surface area contributed by atoms with E-state index in [2.05, 4.69) is 21.0 Å². The molecular weight excluding hydrogens is 330 g/mol. The Morgan fingerprint density at radius 1 is 1.46 bits per heavy atom. The molecule has 2 aliphatic heterocycles. The average molecular weight is 348 g/mol. The normalized spacial score (nSPS) is 22.5. The van der Waals surface area contributed by atoms with Gasteiger partial charge in [-0.25, -0.2) is 9.98 Å². The number of nitrogens with two attached hydrogens (primary N) is 1. The summed E-state index contributed by atoms with van der Waals surface area (Å²) in [5.41, 5.74) is 6.01. The highest BCUT2D eigenvalue weighted by molar-refractivity contribution is 6.31. The molecule has 1 aromatic rings. The van der Waals surface area contributed by atoms with Crippen LogP contribution in [-0.2, 0) is 9.47 Å². The molecule has 24 heavy (non-hydrogen) atoms. The van der Waals surface area contributed by atoms with Gasteiger partial charge in [0.1, 0.15) is 18.8 Å². The number of aromatic nitrogens is 1. The minimum atomic E-state index is -0.510. The van der Waals surface area contributed by atoms with Crippen molar-refractivity contribution in [1.29, 1.82) is 5.26 Å². The van der Waals surface area contributed by atoms with Crippen molar-refractivity contribution in [2.75, 3.05) is 25.6 Å². The maximum Gasteiger partial charge on any atom is 0.191 e. The summed E-state index contributed by atoms with van der Waals surface area (Å²) in [5.74, 6) is 0.933. The first-order valence-electron chi connectivity index (χ1n) is 7.73. The molecular formula is C16H18ClN5O2. The van der Waals surface area contributed by atoms with Gasteiger partial charge >= 0.3 is 0 Å². The summed E-state index contributed by atoms with van der Waals surface area (Å²) in [5, 5.41) is 9.98. The topological polar surface area (TPSA) is 106 Å². The molecule has 2 aliphatic rings. The highest BCUT2D eigenvalue weighted by Crippen LogP contribution is 2.33. The molecule has 0 amide bonds. The Morgan fingerprint density at radius 2 is 2.25 bits per heavy atom. The van der Waals surface area contributed by atoms with Crippen molar-refractivity contribution in [2.45, 2.75) is 25.3 Å². The first kappa shape index (κ1) is 16.7. The van der Waals surface area contributed by atoms with Gasteiger partial charge in [0.05, 0.1) is 29.0 Å². The second-order valence-corrected chi connectivity index (χ2v) is 6.34. The average Bonchev–Trinajstić information content (AvgIpc) is 2.63. The van der Waals surface area contributed by atoms with Gasteiger partial charge in [-0.1, -0.05) is 11.6 Å². The number of rotatable bonds is 3. The van der Waals surface area contributed by atoms with Gasteiger partial charge in [0.2, 0.25) is 0 Å². The van der Waals surface area contributed by atoms with Gasteiger partial charge in [0.25, 0.3) is 0 Å². The van der Waals surface area contributed by atoms with E-state index in [1.54, 1.807) is 6.07 Å². The van der Waals surface area contributed by atoms with Gasteiger partial charge in [0, 0.05) is 25.0 Å². The summed E-state index contributed by atoms with van der Waals surface area (Å²) >= 11 is 6.19. The molecule has 1 fully saturated rings. The van der Waals surface area contributed by atoms with Crippen LogP contribution in [0.5, 0.6) is 0 Å². The second kappa shape index (κ2) is 7.16. The van der Waals surface area contributed by atoms with E-state index in [1.165, 1.54) is 12.5 Å². The highest BCUT2D eigenvalue weighted by atomic mass is 35.5. The molecule has 0 aliphatic carbocycles. The molecule has 3 rings (SSSR count). The Hall–Kier alpha value is -2.17. The van der Waals surface area contributed by atoms with Gasteiger partial charge in [-0.05, 0) is 18.9 Å². The zero-order chi connectivity index (χ0) is 17.0. The van der Waals surface area contributed by atoms with Crippen LogP contribution in [0.25, 0.3) is 0 Å². The third-order valence-corrected chi connectivity index (χ3v) is 4.60. The monoisotopic (exact) mass is 347 g/mol. The van der Waals surface area contributed by atoms with Gasteiger partial charge in [-0.2, -0.15) is 5.26 Å². The molecule has 1 saturated heterocycles. The number of ether oxygens (including phenoxy) is 2. The predicted molar refractivity (Wildman–Crippen MR) is 91.0 cm³/mol. The molecule has 0 bridgehead atoms. The van der Waals surface area contributed by atoms with Crippen LogP contribution < -0.4 is 5.73 Å². The van der Waals surface area contributed by atoms with E-state index < -0.39 is 5.41 Å². The second-order valence-electron chi connectivity index (χ2n) is 5.93. The number of aliphatic imine (C=N–C) groups is 2. The molecule has 8 heteroatoms. The van der Waals surface area contributed by atoms with Crippen molar-refractivity contribution in [3.63, 3.8) is 0 Å². The predicted octanol–water partition coefficient (Wildman–Crippen LogP) is 2.53. The number of hydrogen-bond acceptors (Lipinski definition) is 7. The summed E-state index contributed by atoms with van der Waals surface area (Å²) in [7, 11) is 0. The molecule has 7 nitrogen and oxygen atoms in total. The number of anilines is 1. The minimum absolute atomic E-state index is 0.219. The van der Waals surface area contributed by atoms with Crippen molar-refractivity contribution in [3.05, 3.63) is 22.8 Å². The maximum absolute atomic E-state index is 9.48. The number of halogens is 1. The lowest BCUT2D eigenvalue weighted by Gasteiger charge is -2.31. The molecule has 3 heterocycles. The van der Waals surface area contributed by atoms with E-state index in [9.17, 15) is 5.26 Å². The zero-order valence-corrected chi connectivity index (χ0v) is 13.9. The van der Waals surface area contributed by atoms with Crippen LogP contribution in [0.1, 0.15) is 30.9 Å². The lowest BCUT2D eigenvalue weighted by atomic mass is 9.83. The lowest BCUT2D eigenvalue weighted by Crippen LogP contribution is -2.34. The van der Waals surface area contributed by atoms with Crippen molar-refractivity contribution in [3.8, 4) is 6.07 Å². The molecule has 0 aromatic carbocycles. The standard InChI is InChI=1S/C16H18ClN5O2/c17-12-7-20-14(19)5-11(12)13-6-15(22-10-21-13)24-9-16(8-18)1-3-23-4-2-16/h5,7,10,13H,1-4,6,9H2,(H2,19,20). The van der Waals surface area contributed by atoms with E-state index in [4.69, 9.17) is 26.8 Å². The van der Waals surface area contributed by atoms with Gasteiger partial charge in [-0.15, -0.1) is 0 Å². The zero-order valence-electron chi connectivity index (χ0n) is 13.1. The number of nitrogens with zero attached hydrogens (tertiary/aromatic N) is 4. The Balaban J connectivity index is 1.66. The van der Waals surface area contributed by atoms with Gasteiger partial charge in [-0.3, -0.25) is 4.99 Å². The fourth-order valence-corrected chi connectivity index (χ4v) is 2.96. The number of hydrogen-bond donors (Lipinski definition) is 1. The fourth-order valence-electron chi connectivity index (χ4n) is 2.73. The van der Waals surface area contributed by atoms with Crippen molar-refractivity contribution >= 4 is 29.7 Å². The number of nitriles is 1. The van der Waals surface area contributed by atoms with E-state index in [1.807, 2.05) is 0 Å². The van der Waals surface area contributed by atoms with Crippen molar-refractivity contribution in [1.82, 2.24) is 4.98 Å². The Labute approximate surface area is 145 Å². The molecule has 1 unspecified atom stereocenters.